The van der Waals surface area contributed by atoms with Crippen LogP contribution in [0.25, 0.3) is 0 Å². The Bertz CT molecular complexity index is 646. The van der Waals surface area contributed by atoms with E-state index in [4.69, 9.17) is 9.47 Å². The van der Waals surface area contributed by atoms with Crippen molar-refractivity contribution in [3.63, 3.8) is 0 Å². The second-order valence-electron chi connectivity index (χ2n) is 5.67. The number of amides is 1. The molecule has 0 radical (unpaired) electrons. The molecule has 5 heteroatoms. The highest BCUT2D eigenvalue weighted by molar-refractivity contribution is 5.93. The summed E-state index contributed by atoms with van der Waals surface area (Å²) in [6, 6.07) is 17.6. The monoisotopic (exact) mass is 342 g/mol. The molecule has 0 aromatic heterocycles. The van der Waals surface area contributed by atoms with Gasteiger partial charge < -0.3 is 14.8 Å². The topological polar surface area (TPSA) is 50.8 Å². The zero-order chi connectivity index (χ0) is 17.9. The van der Waals surface area contributed by atoms with Crippen LogP contribution < -0.4 is 10.1 Å². The quantitative estimate of drug-likeness (QED) is 0.720. The molecular weight excluding hydrogens is 316 g/mol. The van der Waals surface area contributed by atoms with Gasteiger partial charge in [-0.2, -0.15) is 0 Å². The SMILES string of the molecule is CCOc1ccccc1NC(=O)CN(CCOC)Cc1ccccc1. The number of rotatable bonds is 10. The van der Waals surface area contributed by atoms with Crippen LogP contribution in [0.4, 0.5) is 5.69 Å². The minimum atomic E-state index is -0.0702. The minimum absolute atomic E-state index is 0.0702. The minimum Gasteiger partial charge on any atom is -0.492 e. The summed E-state index contributed by atoms with van der Waals surface area (Å²) >= 11 is 0. The molecule has 5 nitrogen and oxygen atoms in total. The molecule has 25 heavy (non-hydrogen) atoms. The van der Waals surface area contributed by atoms with Crippen molar-refractivity contribution < 1.29 is 14.3 Å². The third-order valence-electron chi connectivity index (χ3n) is 3.69. The first-order valence-electron chi connectivity index (χ1n) is 8.49. The van der Waals surface area contributed by atoms with Crippen LogP contribution in [-0.4, -0.2) is 44.2 Å². The van der Waals surface area contributed by atoms with E-state index in [1.165, 1.54) is 5.56 Å². The Morgan fingerprint density at radius 3 is 2.52 bits per heavy atom. The average Bonchev–Trinajstić information content (AvgIpc) is 2.62. The summed E-state index contributed by atoms with van der Waals surface area (Å²) in [5, 5.41) is 2.94. The van der Waals surface area contributed by atoms with Crippen molar-refractivity contribution in [1.82, 2.24) is 4.90 Å². The molecule has 0 aliphatic rings. The van der Waals surface area contributed by atoms with Gasteiger partial charge in [0.15, 0.2) is 0 Å². The normalized spacial score (nSPS) is 10.7. The van der Waals surface area contributed by atoms with Crippen LogP contribution in [0.5, 0.6) is 5.75 Å². The number of para-hydroxylation sites is 2. The van der Waals surface area contributed by atoms with Gasteiger partial charge in [0.1, 0.15) is 5.75 Å². The molecule has 1 amide bonds. The summed E-state index contributed by atoms with van der Waals surface area (Å²) in [6.07, 6.45) is 0. The van der Waals surface area contributed by atoms with Crippen molar-refractivity contribution >= 4 is 11.6 Å². The van der Waals surface area contributed by atoms with Gasteiger partial charge in [0.2, 0.25) is 5.91 Å². The highest BCUT2D eigenvalue weighted by atomic mass is 16.5. The summed E-state index contributed by atoms with van der Waals surface area (Å²) in [5.74, 6) is 0.615. The zero-order valence-electron chi connectivity index (χ0n) is 14.9. The van der Waals surface area contributed by atoms with Gasteiger partial charge in [-0.1, -0.05) is 42.5 Å². The molecule has 0 saturated heterocycles. The molecule has 0 atom stereocenters. The van der Waals surface area contributed by atoms with Crippen molar-refractivity contribution in [3.8, 4) is 5.75 Å². The molecule has 0 spiro atoms. The van der Waals surface area contributed by atoms with Gasteiger partial charge in [-0.25, -0.2) is 0 Å². The number of anilines is 1. The predicted octanol–water partition coefficient (Wildman–Crippen LogP) is 3.17. The molecule has 2 rings (SSSR count). The van der Waals surface area contributed by atoms with Gasteiger partial charge in [-0.05, 0) is 24.6 Å². The Kier molecular flexibility index (Phi) is 7.95. The van der Waals surface area contributed by atoms with E-state index in [0.29, 0.717) is 44.3 Å². The summed E-state index contributed by atoms with van der Waals surface area (Å²) in [7, 11) is 1.67. The third kappa shape index (κ3) is 6.57. The summed E-state index contributed by atoms with van der Waals surface area (Å²) in [6.45, 7) is 4.73. The van der Waals surface area contributed by atoms with Crippen molar-refractivity contribution in [3.05, 3.63) is 60.2 Å². The van der Waals surface area contributed by atoms with Gasteiger partial charge in [-0.3, -0.25) is 9.69 Å². The van der Waals surface area contributed by atoms with E-state index in [9.17, 15) is 4.79 Å². The van der Waals surface area contributed by atoms with E-state index < -0.39 is 0 Å². The smallest absolute Gasteiger partial charge is 0.238 e. The second-order valence-corrected chi connectivity index (χ2v) is 5.67. The molecule has 0 aliphatic heterocycles. The lowest BCUT2D eigenvalue weighted by Crippen LogP contribution is -2.35. The van der Waals surface area contributed by atoms with E-state index in [2.05, 4.69) is 22.3 Å². The van der Waals surface area contributed by atoms with Crippen LogP contribution in [0.2, 0.25) is 0 Å². The molecule has 0 aliphatic carbocycles. The molecule has 0 fully saturated rings. The maximum absolute atomic E-state index is 12.5. The average molecular weight is 342 g/mol. The van der Waals surface area contributed by atoms with Gasteiger partial charge in [-0.15, -0.1) is 0 Å². The Morgan fingerprint density at radius 2 is 1.80 bits per heavy atom. The number of hydrogen-bond donors (Lipinski definition) is 1. The number of carbonyl (C=O) groups is 1. The lowest BCUT2D eigenvalue weighted by molar-refractivity contribution is -0.117. The Balaban J connectivity index is 1.99. The molecule has 0 heterocycles. The van der Waals surface area contributed by atoms with Crippen molar-refractivity contribution in [2.75, 3.05) is 38.7 Å². The fourth-order valence-electron chi connectivity index (χ4n) is 2.52. The lowest BCUT2D eigenvalue weighted by atomic mass is 10.2. The Hall–Kier alpha value is -2.37. The number of nitrogens with one attached hydrogen (secondary N) is 1. The number of ether oxygens (including phenoxy) is 2. The molecule has 0 bridgehead atoms. The number of methoxy groups -OCH3 is 1. The van der Waals surface area contributed by atoms with Gasteiger partial charge in [0.25, 0.3) is 0 Å². The van der Waals surface area contributed by atoms with Crippen molar-refractivity contribution in [1.29, 1.82) is 0 Å². The number of carbonyl (C=O) groups excluding carboxylic acids is 1. The Morgan fingerprint density at radius 1 is 1.08 bits per heavy atom. The zero-order valence-corrected chi connectivity index (χ0v) is 14.9. The maximum Gasteiger partial charge on any atom is 0.238 e. The number of hydrogen-bond acceptors (Lipinski definition) is 4. The highest BCUT2D eigenvalue weighted by Gasteiger charge is 2.13. The summed E-state index contributed by atoms with van der Waals surface area (Å²) in [5.41, 5.74) is 1.86. The van der Waals surface area contributed by atoms with Gasteiger partial charge in [0, 0.05) is 20.2 Å². The summed E-state index contributed by atoms with van der Waals surface area (Å²) in [4.78, 5) is 14.6. The standard InChI is InChI=1S/C20H26N2O3/c1-3-25-19-12-8-7-11-18(19)21-20(23)16-22(13-14-24-2)15-17-9-5-4-6-10-17/h4-12H,3,13-16H2,1-2H3,(H,21,23). The fraction of sp³-hybridized carbons (Fsp3) is 0.350. The fourth-order valence-corrected chi connectivity index (χ4v) is 2.52. The second kappa shape index (κ2) is 10.5. The first-order valence-corrected chi connectivity index (χ1v) is 8.49. The lowest BCUT2D eigenvalue weighted by Gasteiger charge is -2.22. The Labute approximate surface area is 149 Å². The number of benzene rings is 2. The summed E-state index contributed by atoms with van der Waals surface area (Å²) < 4.78 is 10.7. The van der Waals surface area contributed by atoms with Gasteiger partial charge in [0.05, 0.1) is 25.4 Å². The molecular formula is C20H26N2O3. The number of nitrogens with zero attached hydrogens (tertiary/aromatic N) is 1. The van der Waals surface area contributed by atoms with Crippen LogP contribution in [0, 0.1) is 0 Å². The van der Waals surface area contributed by atoms with Gasteiger partial charge >= 0.3 is 0 Å². The highest BCUT2D eigenvalue weighted by Crippen LogP contribution is 2.23. The molecule has 2 aromatic rings. The van der Waals surface area contributed by atoms with E-state index >= 15 is 0 Å². The van der Waals surface area contributed by atoms with E-state index in [0.717, 1.165) is 0 Å². The first-order chi connectivity index (χ1) is 12.2. The molecule has 1 N–H and O–H groups in total. The van der Waals surface area contributed by atoms with Crippen LogP contribution >= 0.6 is 0 Å². The van der Waals surface area contributed by atoms with Crippen LogP contribution in [0.3, 0.4) is 0 Å². The van der Waals surface area contributed by atoms with Crippen LogP contribution in [-0.2, 0) is 16.1 Å². The third-order valence-corrected chi connectivity index (χ3v) is 3.69. The molecule has 2 aromatic carbocycles. The first kappa shape index (κ1) is 19.0. The van der Waals surface area contributed by atoms with Crippen molar-refractivity contribution in [2.24, 2.45) is 0 Å². The predicted molar refractivity (Wildman–Crippen MR) is 99.8 cm³/mol. The van der Waals surface area contributed by atoms with Crippen molar-refractivity contribution in [2.45, 2.75) is 13.5 Å². The largest absolute Gasteiger partial charge is 0.492 e. The van der Waals surface area contributed by atoms with Crippen LogP contribution in [0.15, 0.2) is 54.6 Å². The van der Waals surface area contributed by atoms with Crippen LogP contribution in [0.1, 0.15) is 12.5 Å². The van der Waals surface area contributed by atoms with E-state index in [1.54, 1.807) is 7.11 Å². The van der Waals surface area contributed by atoms with E-state index in [1.807, 2.05) is 49.4 Å². The molecule has 134 valence electrons. The van der Waals surface area contributed by atoms with E-state index in [-0.39, 0.29) is 5.91 Å². The molecule has 0 unspecified atom stereocenters. The maximum atomic E-state index is 12.5. The molecule has 0 saturated carbocycles.